The van der Waals surface area contributed by atoms with Gasteiger partial charge in [-0.25, -0.2) is 4.39 Å². The second kappa shape index (κ2) is 3.91. The van der Waals surface area contributed by atoms with E-state index in [0.29, 0.717) is 6.42 Å². The number of hydrogen-bond donors (Lipinski definition) is 1. The van der Waals surface area contributed by atoms with Crippen LogP contribution in [0.5, 0.6) is 0 Å². The third kappa shape index (κ3) is 2.25. The van der Waals surface area contributed by atoms with E-state index in [9.17, 15) is 4.39 Å². The van der Waals surface area contributed by atoms with Gasteiger partial charge in [0.05, 0.1) is 0 Å². The van der Waals surface area contributed by atoms with Crippen LogP contribution in [0, 0.1) is 0 Å². The van der Waals surface area contributed by atoms with Gasteiger partial charge in [-0.3, -0.25) is 0 Å². The van der Waals surface area contributed by atoms with Gasteiger partial charge in [-0.05, 0) is 12.8 Å². The first-order valence-corrected chi connectivity index (χ1v) is 4.20. The Kier molecular flexibility index (Phi) is 3.13. The van der Waals surface area contributed by atoms with Crippen LogP contribution in [0.15, 0.2) is 0 Å². The zero-order valence-corrected chi connectivity index (χ0v) is 6.35. The van der Waals surface area contributed by atoms with Gasteiger partial charge in [0.15, 0.2) is 0 Å². The van der Waals surface area contributed by atoms with Crippen LogP contribution < -0.4 is 5.73 Å². The lowest BCUT2D eigenvalue weighted by Gasteiger charge is -2.19. The SMILES string of the molecule is NC1CCCCCCC1F. The Bertz CT molecular complexity index is 83.3. The van der Waals surface area contributed by atoms with Gasteiger partial charge in [0, 0.05) is 6.04 Å². The summed E-state index contributed by atoms with van der Waals surface area (Å²) in [6, 6.07) is -0.180. The smallest absolute Gasteiger partial charge is 0.115 e. The molecule has 0 spiro atoms. The van der Waals surface area contributed by atoms with Crippen LogP contribution >= 0.6 is 0 Å². The standard InChI is InChI=1S/C8H16FN/c9-7-5-3-1-2-4-6-8(7)10/h7-8H,1-6,10H2. The summed E-state index contributed by atoms with van der Waals surface area (Å²) in [5.74, 6) is 0. The molecule has 2 N–H and O–H groups in total. The van der Waals surface area contributed by atoms with Crippen molar-refractivity contribution in [3.63, 3.8) is 0 Å². The Morgan fingerprint density at radius 2 is 1.60 bits per heavy atom. The molecule has 1 aliphatic rings. The molecule has 0 aromatic carbocycles. The summed E-state index contributed by atoms with van der Waals surface area (Å²) in [7, 11) is 0. The summed E-state index contributed by atoms with van der Waals surface area (Å²) in [4.78, 5) is 0. The van der Waals surface area contributed by atoms with Crippen molar-refractivity contribution in [3.8, 4) is 0 Å². The van der Waals surface area contributed by atoms with E-state index in [0.717, 1.165) is 19.3 Å². The molecule has 2 unspecified atom stereocenters. The monoisotopic (exact) mass is 145 g/mol. The highest BCUT2D eigenvalue weighted by atomic mass is 19.1. The summed E-state index contributed by atoms with van der Waals surface area (Å²) in [5.41, 5.74) is 5.57. The number of rotatable bonds is 0. The predicted molar refractivity (Wildman–Crippen MR) is 40.6 cm³/mol. The van der Waals surface area contributed by atoms with Gasteiger partial charge in [0.25, 0.3) is 0 Å². The highest BCUT2D eigenvalue weighted by Gasteiger charge is 2.17. The van der Waals surface area contributed by atoms with Gasteiger partial charge >= 0.3 is 0 Å². The lowest BCUT2D eigenvalue weighted by Crippen LogP contribution is -2.32. The first-order valence-electron chi connectivity index (χ1n) is 4.20. The first kappa shape index (κ1) is 7.99. The van der Waals surface area contributed by atoms with Crippen LogP contribution in [0.2, 0.25) is 0 Å². The minimum absolute atomic E-state index is 0.180. The van der Waals surface area contributed by atoms with E-state index in [2.05, 4.69) is 0 Å². The lowest BCUT2D eigenvalue weighted by atomic mass is 9.96. The van der Waals surface area contributed by atoms with Crippen molar-refractivity contribution in [2.24, 2.45) is 5.73 Å². The van der Waals surface area contributed by atoms with Crippen molar-refractivity contribution in [2.75, 3.05) is 0 Å². The molecular formula is C8H16FN. The zero-order chi connectivity index (χ0) is 7.40. The maximum Gasteiger partial charge on any atom is 0.115 e. The summed E-state index contributed by atoms with van der Waals surface area (Å²) in [6.45, 7) is 0. The Labute approximate surface area is 61.8 Å². The molecule has 2 heteroatoms. The molecule has 0 saturated heterocycles. The molecule has 1 aliphatic carbocycles. The molecule has 1 fully saturated rings. The van der Waals surface area contributed by atoms with Crippen LogP contribution in [-0.2, 0) is 0 Å². The first-order chi connectivity index (χ1) is 4.80. The van der Waals surface area contributed by atoms with Crippen LogP contribution in [0.25, 0.3) is 0 Å². The Morgan fingerprint density at radius 1 is 1.00 bits per heavy atom. The van der Waals surface area contributed by atoms with E-state index in [1.165, 1.54) is 12.8 Å². The normalized spacial score (nSPS) is 36.6. The third-order valence-corrected chi connectivity index (χ3v) is 2.23. The second-order valence-electron chi connectivity index (χ2n) is 3.17. The van der Waals surface area contributed by atoms with E-state index in [-0.39, 0.29) is 6.04 Å². The number of nitrogens with two attached hydrogens (primary N) is 1. The summed E-state index contributed by atoms with van der Waals surface area (Å²) < 4.78 is 12.9. The van der Waals surface area contributed by atoms with E-state index in [4.69, 9.17) is 5.73 Å². The molecule has 60 valence electrons. The van der Waals surface area contributed by atoms with Crippen molar-refractivity contribution in [2.45, 2.75) is 50.7 Å². The largest absolute Gasteiger partial charge is 0.325 e. The highest BCUT2D eigenvalue weighted by Crippen LogP contribution is 2.18. The van der Waals surface area contributed by atoms with Crippen molar-refractivity contribution < 1.29 is 4.39 Å². The number of alkyl halides is 1. The molecule has 0 heterocycles. The average Bonchev–Trinajstić information content (AvgIpc) is 1.92. The molecule has 0 aliphatic heterocycles. The van der Waals surface area contributed by atoms with E-state index < -0.39 is 6.17 Å². The quantitative estimate of drug-likeness (QED) is 0.554. The molecular weight excluding hydrogens is 129 g/mol. The van der Waals surface area contributed by atoms with Crippen molar-refractivity contribution >= 4 is 0 Å². The number of hydrogen-bond acceptors (Lipinski definition) is 1. The van der Waals surface area contributed by atoms with Crippen LogP contribution in [-0.4, -0.2) is 12.2 Å². The fourth-order valence-corrected chi connectivity index (χ4v) is 1.47. The van der Waals surface area contributed by atoms with Crippen LogP contribution in [0.4, 0.5) is 4.39 Å². The highest BCUT2D eigenvalue weighted by molar-refractivity contribution is 4.74. The van der Waals surface area contributed by atoms with E-state index in [1.54, 1.807) is 0 Å². The molecule has 10 heavy (non-hydrogen) atoms. The van der Waals surface area contributed by atoms with Gasteiger partial charge in [-0.2, -0.15) is 0 Å². The zero-order valence-electron chi connectivity index (χ0n) is 6.35. The van der Waals surface area contributed by atoms with Gasteiger partial charge in [0.2, 0.25) is 0 Å². The van der Waals surface area contributed by atoms with E-state index in [1.807, 2.05) is 0 Å². The molecule has 0 amide bonds. The lowest BCUT2D eigenvalue weighted by molar-refractivity contribution is 0.235. The Morgan fingerprint density at radius 3 is 2.30 bits per heavy atom. The van der Waals surface area contributed by atoms with Crippen molar-refractivity contribution in [3.05, 3.63) is 0 Å². The molecule has 2 atom stereocenters. The Balaban J connectivity index is 2.28. The topological polar surface area (TPSA) is 26.0 Å². The van der Waals surface area contributed by atoms with Crippen LogP contribution in [0.3, 0.4) is 0 Å². The van der Waals surface area contributed by atoms with Gasteiger partial charge in [-0.1, -0.05) is 25.7 Å². The average molecular weight is 145 g/mol. The van der Waals surface area contributed by atoms with E-state index >= 15 is 0 Å². The van der Waals surface area contributed by atoms with Gasteiger partial charge in [-0.15, -0.1) is 0 Å². The predicted octanol–water partition coefficient (Wildman–Crippen LogP) is 2.01. The molecule has 0 radical (unpaired) electrons. The molecule has 1 rings (SSSR count). The Hall–Kier alpha value is -0.110. The fourth-order valence-electron chi connectivity index (χ4n) is 1.47. The van der Waals surface area contributed by atoms with Gasteiger partial charge < -0.3 is 5.73 Å². The fraction of sp³-hybridized carbons (Fsp3) is 1.00. The second-order valence-corrected chi connectivity index (χ2v) is 3.17. The molecule has 0 aromatic rings. The minimum atomic E-state index is -0.736. The van der Waals surface area contributed by atoms with Gasteiger partial charge in [0.1, 0.15) is 6.17 Å². The summed E-state index contributed by atoms with van der Waals surface area (Å²) in [5, 5.41) is 0. The third-order valence-electron chi connectivity index (χ3n) is 2.23. The molecule has 1 nitrogen and oxygen atoms in total. The maximum atomic E-state index is 12.9. The summed E-state index contributed by atoms with van der Waals surface area (Å²) >= 11 is 0. The van der Waals surface area contributed by atoms with Crippen LogP contribution in [0.1, 0.15) is 38.5 Å². The maximum absolute atomic E-state index is 12.9. The minimum Gasteiger partial charge on any atom is -0.325 e. The summed E-state index contributed by atoms with van der Waals surface area (Å²) in [6.07, 6.45) is 5.38. The molecule has 0 aromatic heterocycles. The van der Waals surface area contributed by atoms with Crippen molar-refractivity contribution in [1.82, 2.24) is 0 Å². The number of halogens is 1. The van der Waals surface area contributed by atoms with Crippen molar-refractivity contribution in [1.29, 1.82) is 0 Å². The molecule has 1 saturated carbocycles. The molecule has 0 bridgehead atoms.